The third kappa shape index (κ3) is 5.14. The van der Waals surface area contributed by atoms with Gasteiger partial charge in [-0.15, -0.1) is 0 Å². The molecule has 0 radical (unpaired) electrons. The lowest BCUT2D eigenvalue weighted by Gasteiger charge is -2.30. The second-order valence-electron chi connectivity index (χ2n) is 8.55. The van der Waals surface area contributed by atoms with E-state index < -0.39 is 0 Å². The molecule has 2 amide bonds. The van der Waals surface area contributed by atoms with Gasteiger partial charge in [0.25, 0.3) is 11.8 Å². The fraction of sp³-hybridized carbons (Fsp3) is 0.400. The Labute approximate surface area is 208 Å². The van der Waals surface area contributed by atoms with Crippen LogP contribution in [-0.4, -0.2) is 73.6 Å². The number of thioether (sulfide) groups is 1. The van der Waals surface area contributed by atoms with Crippen LogP contribution in [0, 0.1) is 0 Å². The number of amides is 2. The molecule has 0 saturated carbocycles. The number of anilines is 2. The number of aromatic nitrogens is 1. The van der Waals surface area contributed by atoms with E-state index in [9.17, 15) is 9.59 Å². The van der Waals surface area contributed by atoms with Gasteiger partial charge >= 0.3 is 0 Å². The normalized spacial score (nSPS) is 19.5. The summed E-state index contributed by atoms with van der Waals surface area (Å²) in [4.78, 5) is 35.1. The monoisotopic (exact) mass is 495 g/mol. The summed E-state index contributed by atoms with van der Waals surface area (Å²) >= 11 is 1.43. The lowest BCUT2D eigenvalue weighted by atomic mass is 10.1. The number of rotatable bonds is 8. The van der Waals surface area contributed by atoms with E-state index in [4.69, 9.17) is 9.47 Å². The minimum Gasteiger partial charge on any atom is -0.491 e. The first-order chi connectivity index (χ1) is 17.1. The predicted molar refractivity (Wildman–Crippen MR) is 136 cm³/mol. The molecule has 1 unspecified atom stereocenters. The van der Waals surface area contributed by atoms with E-state index >= 15 is 0 Å². The highest BCUT2D eigenvalue weighted by Gasteiger charge is 2.36. The van der Waals surface area contributed by atoms with Crippen LogP contribution in [0.15, 0.2) is 47.6 Å². The molecule has 1 atom stereocenters. The molecule has 1 aromatic heterocycles. The highest BCUT2D eigenvalue weighted by atomic mass is 32.2. The number of carbonyl (C=O) groups is 2. The standard InChI is InChI=1S/C25H29N5O4S/c1-33-12-13-34-18-3-2-17-16-30(25(32)19(17)14-18)23-5-4-22(35-23)24(31)28-20-15-27-7-6-21(20)29-10-8-26-9-11-29/h2-4,6-7,14-15,23,26H,5,8-13,16H2,1H3,(H,28,31). The van der Waals surface area contributed by atoms with Gasteiger partial charge in [0.1, 0.15) is 12.4 Å². The number of carbonyl (C=O) groups excluding carboxylic acids is 2. The largest absolute Gasteiger partial charge is 0.491 e. The number of ether oxygens (including phenoxy) is 2. The number of nitrogens with zero attached hydrogens (tertiary/aromatic N) is 3. The lowest BCUT2D eigenvalue weighted by molar-refractivity contribution is -0.112. The minimum atomic E-state index is -0.167. The number of piperazine rings is 1. The average Bonchev–Trinajstić information content (AvgIpc) is 3.50. The maximum absolute atomic E-state index is 13.1. The van der Waals surface area contributed by atoms with Crippen LogP contribution in [0.3, 0.4) is 0 Å². The number of nitrogens with one attached hydrogen (secondary N) is 2. The van der Waals surface area contributed by atoms with Gasteiger partial charge < -0.3 is 29.9 Å². The third-order valence-electron chi connectivity index (χ3n) is 6.31. The zero-order chi connectivity index (χ0) is 24.2. The Hall–Kier alpha value is -3.08. The van der Waals surface area contributed by atoms with Crippen LogP contribution in [0.2, 0.25) is 0 Å². The molecule has 3 aliphatic heterocycles. The fourth-order valence-corrected chi connectivity index (χ4v) is 5.64. The smallest absolute Gasteiger partial charge is 0.261 e. The van der Waals surface area contributed by atoms with Gasteiger partial charge in [-0.25, -0.2) is 0 Å². The molecule has 1 fully saturated rings. The van der Waals surface area contributed by atoms with Crippen LogP contribution < -0.4 is 20.3 Å². The Morgan fingerprint density at radius 1 is 1.26 bits per heavy atom. The number of hydrogen-bond acceptors (Lipinski definition) is 8. The second-order valence-corrected chi connectivity index (χ2v) is 9.77. The van der Waals surface area contributed by atoms with E-state index in [1.54, 1.807) is 25.6 Å². The third-order valence-corrected chi connectivity index (χ3v) is 7.64. The highest BCUT2D eigenvalue weighted by Crippen LogP contribution is 2.40. The Balaban J connectivity index is 1.21. The van der Waals surface area contributed by atoms with Crippen molar-refractivity contribution in [1.29, 1.82) is 0 Å². The molecule has 4 heterocycles. The van der Waals surface area contributed by atoms with Gasteiger partial charge in [-0.2, -0.15) is 0 Å². The van der Waals surface area contributed by atoms with Crippen LogP contribution in [-0.2, 0) is 16.1 Å². The van der Waals surface area contributed by atoms with Crippen molar-refractivity contribution < 1.29 is 19.1 Å². The predicted octanol–water partition coefficient (Wildman–Crippen LogP) is 2.46. The first kappa shape index (κ1) is 23.7. The minimum absolute atomic E-state index is 0.0296. The zero-order valence-electron chi connectivity index (χ0n) is 19.7. The molecule has 0 spiro atoms. The highest BCUT2D eigenvalue weighted by molar-refractivity contribution is 8.04. The quantitative estimate of drug-likeness (QED) is 0.540. The molecule has 5 rings (SSSR count). The van der Waals surface area contributed by atoms with Crippen molar-refractivity contribution >= 4 is 35.0 Å². The van der Waals surface area contributed by atoms with Crippen molar-refractivity contribution in [2.45, 2.75) is 18.3 Å². The number of hydrogen-bond donors (Lipinski definition) is 2. The first-order valence-corrected chi connectivity index (χ1v) is 12.7. The van der Waals surface area contributed by atoms with Crippen molar-refractivity contribution in [2.75, 3.05) is 56.7 Å². The maximum Gasteiger partial charge on any atom is 0.261 e. The SMILES string of the molecule is COCCOc1ccc2c(c1)C(=O)N(C1CC=C(C(=O)Nc3cnccc3N3CCNCC3)S1)C2. The molecule has 2 aromatic rings. The van der Waals surface area contributed by atoms with Crippen molar-refractivity contribution in [3.8, 4) is 5.75 Å². The Morgan fingerprint density at radius 2 is 2.11 bits per heavy atom. The summed E-state index contributed by atoms with van der Waals surface area (Å²) < 4.78 is 10.7. The van der Waals surface area contributed by atoms with E-state index in [0.717, 1.165) is 37.4 Å². The summed E-state index contributed by atoms with van der Waals surface area (Å²) in [6.07, 6.45) is 5.99. The van der Waals surface area contributed by atoms with Gasteiger partial charge in [-0.3, -0.25) is 14.6 Å². The molecular weight excluding hydrogens is 466 g/mol. The van der Waals surface area contributed by atoms with E-state index in [1.807, 2.05) is 29.2 Å². The van der Waals surface area contributed by atoms with Crippen LogP contribution in [0.4, 0.5) is 11.4 Å². The molecular formula is C25H29N5O4S. The van der Waals surface area contributed by atoms with E-state index in [-0.39, 0.29) is 17.2 Å². The fourth-order valence-electron chi connectivity index (χ4n) is 4.50. The number of benzene rings is 1. The van der Waals surface area contributed by atoms with Crippen molar-refractivity contribution in [1.82, 2.24) is 15.2 Å². The number of pyridine rings is 1. The van der Waals surface area contributed by atoms with Crippen molar-refractivity contribution in [3.63, 3.8) is 0 Å². The van der Waals surface area contributed by atoms with Crippen LogP contribution in [0.25, 0.3) is 0 Å². The summed E-state index contributed by atoms with van der Waals surface area (Å²) in [6, 6.07) is 7.56. The van der Waals surface area contributed by atoms with Crippen LogP contribution >= 0.6 is 11.8 Å². The summed E-state index contributed by atoms with van der Waals surface area (Å²) in [6.45, 7) is 5.02. The van der Waals surface area contributed by atoms with Crippen molar-refractivity contribution in [3.05, 3.63) is 58.8 Å². The second kappa shape index (κ2) is 10.7. The van der Waals surface area contributed by atoms with E-state index in [2.05, 4.69) is 20.5 Å². The van der Waals surface area contributed by atoms with Gasteiger partial charge in [0, 0.05) is 51.6 Å². The van der Waals surface area contributed by atoms with E-state index in [0.29, 0.717) is 48.1 Å². The molecule has 1 saturated heterocycles. The summed E-state index contributed by atoms with van der Waals surface area (Å²) in [5.41, 5.74) is 3.32. The van der Waals surface area contributed by atoms with Crippen LogP contribution in [0.1, 0.15) is 22.3 Å². The Kier molecular flexibility index (Phi) is 7.21. The van der Waals surface area contributed by atoms with Gasteiger partial charge in [-0.05, 0) is 30.2 Å². The summed E-state index contributed by atoms with van der Waals surface area (Å²) in [7, 11) is 1.62. The summed E-state index contributed by atoms with van der Waals surface area (Å²) in [5, 5.41) is 6.27. The number of methoxy groups -OCH3 is 1. The molecule has 9 nitrogen and oxygen atoms in total. The number of fused-ring (bicyclic) bond motifs is 1. The van der Waals surface area contributed by atoms with Gasteiger partial charge in [-0.1, -0.05) is 23.9 Å². The molecule has 35 heavy (non-hydrogen) atoms. The maximum atomic E-state index is 13.1. The first-order valence-electron chi connectivity index (χ1n) is 11.8. The molecule has 1 aromatic carbocycles. The molecule has 0 aliphatic carbocycles. The van der Waals surface area contributed by atoms with Gasteiger partial charge in [0.05, 0.1) is 34.5 Å². The van der Waals surface area contributed by atoms with Crippen molar-refractivity contribution in [2.24, 2.45) is 0 Å². The molecule has 184 valence electrons. The van der Waals surface area contributed by atoms with Gasteiger partial charge in [0.2, 0.25) is 0 Å². The molecule has 10 heteroatoms. The molecule has 2 N–H and O–H groups in total. The topological polar surface area (TPSA) is 96.0 Å². The molecule has 0 bridgehead atoms. The van der Waals surface area contributed by atoms with E-state index in [1.165, 1.54) is 11.8 Å². The Morgan fingerprint density at radius 3 is 2.94 bits per heavy atom. The van der Waals surface area contributed by atoms with Gasteiger partial charge in [0.15, 0.2) is 0 Å². The van der Waals surface area contributed by atoms with Crippen LogP contribution in [0.5, 0.6) is 5.75 Å². The summed E-state index contributed by atoms with van der Waals surface area (Å²) in [5.74, 6) is 0.461. The molecule has 3 aliphatic rings. The Bertz CT molecular complexity index is 1130. The average molecular weight is 496 g/mol. The zero-order valence-corrected chi connectivity index (χ0v) is 20.5. The lowest BCUT2D eigenvalue weighted by Crippen LogP contribution is -2.43.